The highest BCUT2D eigenvalue weighted by molar-refractivity contribution is 6.89. The minimum Gasteiger partial charge on any atom is -0.309 e. The normalized spacial score (nSPS) is 12.4. The van der Waals surface area contributed by atoms with Crippen molar-refractivity contribution in [1.82, 2.24) is 0 Å². The number of rotatable bonds is 10. The van der Waals surface area contributed by atoms with Gasteiger partial charge in [-0.2, -0.15) is 0 Å². The van der Waals surface area contributed by atoms with Gasteiger partial charge in [0, 0.05) is 38.9 Å². The SMILES string of the molecule is Cc1ccc(-c2ccccc2)cc1N(c1cc([Si](C)(C)C)ccc1C)c1cc(N(c2cc(-c3ccccc3)ccc2C)c2cc([Si](C)(C)C)ccc2C)c2ccc3cc(C(C)(C)C)cc4ccc1c2c43. The van der Waals surface area contributed by atoms with Crippen LogP contribution in [0, 0.1) is 27.7 Å². The van der Waals surface area contributed by atoms with Crippen molar-refractivity contribution in [3.8, 4) is 22.3 Å². The zero-order chi connectivity index (χ0) is 49.4. The van der Waals surface area contributed by atoms with Crippen molar-refractivity contribution in [3.05, 3.63) is 204 Å². The standard InChI is InChI=1S/C66H68N2Si2/c1-43-24-28-49(47-20-16-14-17-21-47)38-58(43)67(60-40-54(69(8,9)10)32-26-45(60)3)62-42-63(57-35-31-52-37-53(66(5,6)7)36-51-30-34-56(62)65(57)64(51)52)68(61-41-55(70(11,12)13)33-27-46(61)4)59-39-50(29-25-44(59)2)48-22-18-15-19-23-48/h14-42H,1-13H3. The van der Waals surface area contributed by atoms with Gasteiger partial charge in [0.25, 0.3) is 0 Å². The van der Waals surface area contributed by atoms with Crippen LogP contribution >= 0.6 is 0 Å². The summed E-state index contributed by atoms with van der Waals surface area (Å²) in [5, 5.41) is 10.5. The van der Waals surface area contributed by atoms with Crippen LogP contribution < -0.4 is 20.2 Å². The lowest BCUT2D eigenvalue weighted by Crippen LogP contribution is -2.38. The molecule has 10 aromatic carbocycles. The second kappa shape index (κ2) is 17.6. The van der Waals surface area contributed by atoms with E-state index in [1.165, 1.54) is 127 Å². The zero-order valence-electron chi connectivity index (χ0n) is 43.6. The number of aryl methyl sites for hydroxylation is 4. The van der Waals surface area contributed by atoms with E-state index in [0.29, 0.717) is 0 Å². The molecule has 350 valence electrons. The van der Waals surface area contributed by atoms with E-state index in [1.807, 2.05) is 0 Å². The summed E-state index contributed by atoms with van der Waals surface area (Å²) in [5.41, 5.74) is 18.2. The molecule has 0 heterocycles. The molecule has 4 heteroatoms. The molecule has 2 nitrogen and oxygen atoms in total. The van der Waals surface area contributed by atoms with Crippen molar-refractivity contribution < 1.29 is 0 Å². The monoisotopic (exact) mass is 944 g/mol. The third-order valence-electron chi connectivity index (χ3n) is 14.8. The highest BCUT2D eigenvalue weighted by atomic mass is 28.3. The second-order valence-electron chi connectivity index (χ2n) is 23.0. The Morgan fingerprint density at radius 2 is 0.700 bits per heavy atom. The van der Waals surface area contributed by atoms with Gasteiger partial charge in [0.15, 0.2) is 0 Å². The van der Waals surface area contributed by atoms with Crippen LogP contribution in [0.15, 0.2) is 176 Å². The lowest BCUT2D eigenvalue weighted by atomic mass is 9.83. The van der Waals surface area contributed by atoms with Crippen molar-refractivity contribution in [2.75, 3.05) is 9.80 Å². The molecule has 0 aliphatic heterocycles. The van der Waals surface area contributed by atoms with Gasteiger partial charge in [0.2, 0.25) is 0 Å². The Labute approximate surface area is 419 Å². The predicted octanol–water partition coefficient (Wildman–Crippen LogP) is 18.5. The molecular weight excluding hydrogens is 877 g/mol. The Balaban J connectivity index is 1.40. The molecule has 70 heavy (non-hydrogen) atoms. The molecule has 0 spiro atoms. The highest BCUT2D eigenvalue weighted by Crippen LogP contribution is 2.52. The smallest absolute Gasteiger partial charge is 0.0776 e. The van der Waals surface area contributed by atoms with E-state index in [9.17, 15) is 0 Å². The lowest BCUT2D eigenvalue weighted by molar-refractivity contribution is 0.591. The molecule has 0 atom stereocenters. The number of hydrogen-bond donors (Lipinski definition) is 0. The van der Waals surface area contributed by atoms with Crippen LogP contribution in [-0.2, 0) is 5.41 Å². The minimum atomic E-state index is -1.76. The molecule has 0 fully saturated rings. The average molecular weight is 945 g/mol. The molecule has 0 aromatic heterocycles. The first kappa shape index (κ1) is 47.0. The molecule has 0 amide bonds. The third kappa shape index (κ3) is 8.56. The van der Waals surface area contributed by atoms with E-state index in [-0.39, 0.29) is 5.41 Å². The van der Waals surface area contributed by atoms with E-state index in [2.05, 4.69) is 273 Å². The number of hydrogen-bond acceptors (Lipinski definition) is 2. The van der Waals surface area contributed by atoms with Gasteiger partial charge in [0.1, 0.15) is 0 Å². The van der Waals surface area contributed by atoms with Crippen LogP contribution in [0.4, 0.5) is 34.1 Å². The summed E-state index contributed by atoms with van der Waals surface area (Å²) in [6.45, 7) is 31.0. The summed E-state index contributed by atoms with van der Waals surface area (Å²) in [6, 6.07) is 67.5. The molecule has 0 bridgehead atoms. The quantitative estimate of drug-likeness (QED) is 0.0996. The fraction of sp³-hybridized carbons (Fsp3) is 0.212. The van der Waals surface area contributed by atoms with E-state index >= 15 is 0 Å². The van der Waals surface area contributed by atoms with Crippen LogP contribution in [-0.4, -0.2) is 16.1 Å². The van der Waals surface area contributed by atoms with Crippen LogP contribution in [0.3, 0.4) is 0 Å². The van der Waals surface area contributed by atoms with Gasteiger partial charge in [-0.1, -0.05) is 216 Å². The third-order valence-corrected chi connectivity index (χ3v) is 18.9. The molecule has 0 radical (unpaired) electrons. The first-order chi connectivity index (χ1) is 33.3. The van der Waals surface area contributed by atoms with Crippen LogP contribution in [0.5, 0.6) is 0 Å². The lowest BCUT2D eigenvalue weighted by Gasteiger charge is -2.35. The first-order valence-corrected chi connectivity index (χ1v) is 32.2. The topological polar surface area (TPSA) is 6.48 Å². The van der Waals surface area contributed by atoms with E-state index < -0.39 is 16.1 Å². The molecule has 0 saturated heterocycles. The summed E-state index contributed by atoms with van der Waals surface area (Å²) in [7, 11) is -3.51. The second-order valence-corrected chi connectivity index (χ2v) is 33.1. The molecule has 0 aliphatic rings. The van der Waals surface area contributed by atoms with Gasteiger partial charge < -0.3 is 9.80 Å². The summed E-state index contributed by atoms with van der Waals surface area (Å²) in [4.78, 5) is 5.26. The van der Waals surface area contributed by atoms with Gasteiger partial charge in [0.05, 0.1) is 27.5 Å². The Morgan fingerprint density at radius 1 is 0.329 bits per heavy atom. The molecule has 10 aromatic rings. The van der Waals surface area contributed by atoms with Gasteiger partial charge in [-0.05, 0) is 130 Å². The molecule has 0 aliphatic carbocycles. The summed E-state index contributed by atoms with van der Waals surface area (Å²) < 4.78 is 0. The number of anilines is 6. The van der Waals surface area contributed by atoms with Crippen LogP contribution in [0.25, 0.3) is 54.6 Å². The van der Waals surface area contributed by atoms with Crippen molar-refractivity contribution in [3.63, 3.8) is 0 Å². The molecule has 0 unspecified atom stereocenters. The van der Waals surface area contributed by atoms with Crippen molar-refractivity contribution in [2.24, 2.45) is 0 Å². The van der Waals surface area contributed by atoms with Gasteiger partial charge in [-0.3, -0.25) is 0 Å². The molecule has 0 saturated carbocycles. The van der Waals surface area contributed by atoms with Gasteiger partial charge in [-0.25, -0.2) is 0 Å². The summed E-state index contributed by atoms with van der Waals surface area (Å²) in [5.74, 6) is 0. The van der Waals surface area contributed by atoms with Crippen LogP contribution in [0.1, 0.15) is 48.6 Å². The predicted molar refractivity (Wildman–Crippen MR) is 314 cm³/mol. The fourth-order valence-electron chi connectivity index (χ4n) is 10.4. The fourth-order valence-corrected chi connectivity index (χ4v) is 12.7. The first-order valence-electron chi connectivity index (χ1n) is 25.2. The van der Waals surface area contributed by atoms with E-state index in [4.69, 9.17) is 0 Å². The maximum absolute atomic E-state index is 2.63. The Hall–Kier alpha value is -6.73. The average Bonchev–Trinajstić information content (AvgIpc) is 3.33. The summed E-state index contributed by atoms with van der Waals surface area (Å²) in [6.07, 6.45) is 0. The molecular formula is C66H68N2Si2. The highest BCUT2D eigenvalue weighted by Gasteiger charge is 2.30. The number of benzene rings is 10. The molecule has 0 N–H and O–H groups in total. The zero-order valence-corrected chi connectivity index (χ0v) is 45.6. The Morgan fingerprint density at radius 3 is 1.07 bits per heavy atom. The van der Waals surface area contributed by atoms with E-state index in [1.54, 1.807) is 0 Å². The van der Waals surface area contributed by atoms with Gasteiger partial charge in [-0.15, -0.1) is 0 Å². The maximum atomic E-state index is 2.63. The van der Waals surface area contributed by atoms with Crippen LogP contribution in [0.2, 0.25) is 39.3 Å². The van der Waals surface area contributed by atoms with Crippen molar-refractivity contribution in [2.45, 2.75) is 93.2 Å². The largest absolute Gasteiger partial charge is 0.309 e. The van der Waals surface area contributed by atoms with Crippen molar-refractivity contribution in [1.29, 1.82) is 0 Å². The van der Waals surface area contributed by atoms with Crippen molar-refractivity contribution >= 4 is 93.0 Å². The minimum absolute atomic E-state index is 0.00517. The maximum Gasteiger partial charge on any atom is 0.0776 e. The van der Waals surface area contributed by atoms with Gasteiger partial charge >= 0.3 is 0 Å². The Bertz CT molecular complexity index is 3360. The molecule has 10 rings (SSSR count). The van der Waals surface area contributed by atoms with E-state index in [0.717, 1.165) is 0 Å². The summed E-state index contributed by atoms with van der Waals surface area (Å²) >= 11 is 0. The number of nitrogens with zero attached hydrogens (tertiary/aromatic N) is 2. The Kier molecular flexibility index (Phi) is 11.8.